The molecule has 84 valence electrons. The summed E-state index contributed by atoms with van der Waals surface area (Å²) >= 11 is 0. The maximum atomic E-state index is 6.08. The van der Waals surface area contributed by atoms with E-state index >= 15 is 0 Å². The molecule has 0 aromatic rings. The Morgan fingerprint density at radius 1 is 1.43 bits per heavy atom. The van der Waals surface area contributed by atoms with Gasteiger partial charge in [0.25, 0.3) is 0 Å². The van der Waals surface area contributed by atoms with Gasteiger partial charge in [0.1, 0.15) is 0 Å². The zero-order valence-corrected chi connectivity index (χ0v) is 10.00. The van der Waals surface area contributed by atoms with Crippen molar-refractivity contribution in [3.05, 3.63) is 0 Å². The fourth-order valence-corrected chi connectivity index (χ4v) is 2.03. The van der Waals surface area contributed by atoms with Gasteiger partial charge in [0, 0.05) is 18.6 Å². The van der Waals surface area contributed by atoms with Crippen LogP contribution in [0.25, 0.3) is 0 Å². The van der Waals surface area contributed by atoms with Gasteiger partial charge in [0.05, 0.1) is 0 Å². The predicted molar refractivity (Wildman–Crippen MR) is 62.3 cm³/mol. The van der Waals surface area contributed by atoms with E-state index in [1.165, 1.54) is 32.1 Å². The van der Waals surface area contributed by atoms with Crippen molar-refractivity contribution in [2.45, 2.75) is 58.0 Å². The van der Waals surface area contributed by atoms with E-state index in [4.69, 9.17) is 5.73 Å². The van der Waals surface area contributed by atoms with Crippen LogP contribution in [-0.4, -0.2) is 30.6 Å². The molecule has 0 spiro atoms. The molecule has 0 aromatic heterocycles. The quantitative estimate of drug-likeness (QED) is 0.680. The number of nitrogens with two attached hydrogens (primary N) is 1. The molecule has 1 rings (SSSR count). The highest BCUT2D eigenvalue weighted by Gasteiger charge is 2.30. The molecule has 1 aliphatic carbocycles. The van der Waals surface area contributed by atoms with Crippen molar-refractivity contribution in [2.24, 2.45) is 11.7 Å². The first-order valence-electron chi connectivity index (χ1n) is 6.11. The lowest BCUT2D eigenvalue weighted by molar-refractivity contribution is 0.217. The van der Waals surface area contributed by atoms with Crippen molar-refractivity contribution in [2.75, 3.05) is 13.6 Å². The van der Waals surface area contributed by atoms with Crippen LogP contribution in [0, 0.1) is 5.92 Å². The Morgan fingerprint density at radius 3 is 2.57 bits per heavy atom. The molecule has 1 fully saturated rings. The van der Waals surface area contributed by atoms with Gasteiger partial charge in [-0.15, -0.1) is 0 Å². The molecule has 1 saturated carbocycles. The number of nitrogens with zero attached hydrogens (tertiary/aromatic N) is 1. The second-order valence-corrected chi connectivity index (χ2v) is 4.92. The summed E-state index contributed by atoms with van der Waals surface area (Å²) in [5.41, 5.74) is 6.08. The Hall–Kier alpha value is -0.0800. The number of rotatable bonds is 7. The van der Waals surface area contributed by atoms with Crippen LogP contribution in [0.2, 0.25) is 0 Å². The zero-order valence-electron chi connectivity index (χ0n) is 10.00. The molecule has 0 amide bonds. The summed E-state index contributed by atoms with van der Waals surface area (Å²) in [5.74, 6) is 0.957. The Balaban J connectivity index is 2.14. The second-order valence-electron chi connectivity index (χ2n) is 4.92. The second kappa shape index (κ2) is 5.72. The van der Waals surface area contributed by atoms with Crippen molar-refractivity contribution in [1.82, 2.24) is 4.90 Å². The molecule has 0 saturated heterocycles. The standard InChI is InChI=1S/C12H26N2/c1-4-5-6-12(13)9-14(3)10(2)11-7-8-11/h10-12H,4-9,13H2,1-3H3. The van der Waals surface area contributed by atoms with Crippen molar-refractivity contribution in [3.8, 4) is 0 Å². The largest absolute Gasteiger partial charge is 0.327 e. The summed E-state index contributed by atoms with van der Waals surface area (Å²) in [7, 11) is 2.22. The first-order chi connectivity index (χ1) is 6.65. The topological polar surface area (TPSA) is 29.3 Å². The maximum absolute atomic E-state index is 6.08. The van der Waals surface area contributed by atoms with E-state index < -0.39 is 0 Å². The predicted octanol–water partition coefficient (Wildman–Crippen LogP) is 2.23. The molecule has 2 nitrogen and oxygen atoms in total. The zero-order chi connectivity index (χ0) is 10.6. The van der Waals surface area contributed by atoms with Gasteiger partial charge in [-0.1, -0.05) is 19.8 Å². The van der Waals surface area contributed by atoms with Crippen LogP contribution in [0.15, 0.2) is 0 Å². The maximum Gasteiger partial charge on any atom is 0.0167 e. The van der Waals surface area contributed by atoms with Gasteiger partial charge in [-0.05, 0) is 39.2 Å². The summed E-state index contributed by atoms with van der Waals surface area (Å²) < 4.78 is 0. The molecule has 0 heterocycles. The highest BCUT2D eigenvalue weighted by molar-refractivity contribution is 4.85. The summed E-state index contributed by atoms with van der Waals surface area (Å²) in [4.78, 5) is 2.44. The first-order valence-corrected chi connectivity index (χ1v) is 6.11. The van der Waals surface area contributed by atoms with Gasteiger partial charge in [-0.3, -0.25) is 0 Å². The highest BCUT2D eigenvalue weighted by Crippen LogP contribution is 2.34. The molecule has 14 heavy (non-hydrogen) atoms. The van der Waals surface area contributed by atoms with E-state index in [1.807, 2.05) is 0 Å². The van der Waals surface area contributed by atoms with E-state index in [9.17, 15) is 0 Å². The van der Waals surface area contributed by atoms with Gasteiger partial charge in [0.2, 0.25) is 0 Å². The van der Waals surface area contributed by atoms with Crippen molar-refractivity contribution in [3.63, 3.8) is 0 Å². The Kier molecular flexibility index (Phi) is 4.90. The number of hydrogen-bond acceptors (Lipinski definition) is 2. The van der Waals surface area contributed by atoms with Crippen LogP contribution in [0.1, 0.15) is 46.0 Å². The van der Waals surface area contributed by atoms with Crippen LogP contribution in [0.4, 0.5) is 0 Å². The van der Waals surface area contributed by atoms with Gasteiger partial charge >= 0.3 is 0 Å². The molecule has 2 unspecified atom stereocenters. The lowest BCUT2D eigenvalue weighted by atomic mass is 10.1. The molecule has 0 radical (unpaired) electrons. The summed E-state index contributed by atoms with van der Waals surface area (Å²) in [6, 6.07) is 1.11. The third-order valence-corrected chi connectivity index (χ3v) is 3.45. The van der Waals surface area contributed by atoms with Crippen molar-refractivity contribution in [1.29, 1.82) is 0 Å². The molecule has 2 N–H and O–H groups in total. The Bertz CT molecular complexity index is 154. The third kappa shape index (κ3) is 3.97. The molecular weight excluding hydrogens is 172 g/mol. The van der Waals surface area contributed by atoms with Crippen LogP contribution >= 0.6 is 0 Å². The van der Waals surface area contributed by atoms with E-state index in [-0.39, 0.29) is 0 Å². The van der Waals surface area contributed by atoms with E-state index in [2.05, 4.69) is 25.8 Å². The van der Waals surface area contributed by atoms with E-state index in [1.54, 1.807) is 0 Å². The highest BCUT2D eigenvalue weighted by atomic mass is 15.1. The Morgan fingerprint density at radius 2 is 2.07 bits per heavy atom. The monoisotopic (exact) mass is 198 g/mol. The van der Waals surface area contributed by atoms with E-state index in [0.717, 1.165) is 18.5 Å². The SMILES string of the molecule is CCCCC(N)CN(C)C(C)C1CC1. The molecule has 2 heteroatoms. The average Bonchev–Trinajstić information content (AvgIpc) is 2.96. The normalized spacial score (nSPS) is 21.2. The fraction of sp³-hybridized carbons (Fsp3) is 1.00. The first kappa shape index (κ1) is 12.0. The number of hydrogen-bond donors (Lipinski definition) is 1. The number of unbranched alkanes of at least 4 members (excludes halogenated alkanes) is 1. The lowest BCUT2D eigenvalue weighted by Crippen LogP contribution is -2.40. The van der Waals surface area contributed by atoms with Gasteiger partial charge < -0.3 is 10.6 Å². The average molecular weight is 198 g/mol. The van der Waals surface area contributed by atoms with E-state index in [0.29, 0.717) is 6.04 Å². The van der Waals surface area contributed by atoms with Crippen molar-refractivity contribution < 1.29 is 0 Å². The summed E-state index contributed by atoms with van der Waals surface area (Å²) in [5, 5.41) is 0. The van der Waals surface area contributed by atoms with Crippen LogP contribution < -0.4 is 5.73 Å². The Labute approximate surface area is 88.8 Å². The molecule has 1 aliphatic rings. The fourth-order valence-electron chi connectivity index (χ4n) is 2.03. The number of likely N-dealkylation sites (N-methyl/N-ethyl adjacent to an activating group) is 1. The molecule has 0 bridgehead atoms. The molecule has 0 aliphatic heterocycles. The molecular formula is C12H26N2. The minimum absolute atomic E-state index is 0.376. The summed E-state index contributed by atoms with van der Waals surface area (Å²) in [6.07, 6.45) is 6.56. The summed E-state index contributed by atoms with van der Waals surface area (Å²) in [6.45, 7) is 5.63. The van der Waals surface area contributed by atoms with Crippen molar-refractivity contribution >= 4 is 0 Å². The third-order valence-electron chi connectivity index (χ3n) is 3.45. The van der Waals surface area contributed by atoms with Gasteiger partial charge in [-0.25, -0.2) is 0 Å². The van der Waals surface area contributed by atoms with Crippen LogP contribution in [-0.2, 0) is 0 Å². The minimum Gasteiger partial charge on any atom is -0.327 e. The van der Waals surface area contributed by atoms with Gasteiger partial charge in [0.15, 0.2) is 0 Å². The smallest absolute Gasteiger partial charge is 0.0167 e. The molecule has 0 aromatic carbocycles. The van der Waals surface area contributed by atoms with Crippen LogP contribution in [0.5, 0.6) is 0 Å². The molecule has 2 atom stereocenters. The minimum atomic E-state index is 0.376. The van der Waals surface area contributed by atoms with Gasteiger partial charge in [-0.2, -0.15) is 0 Å². The lowest BCUT2D eigenvalue weighted by Gasteiger charge is -2.27. The van der Waals surface area contributed by atoms with Crippen LogP contribution in [0.3, 0.4) is 0 Å².